The number of likely N-dealkylation sites (N-methyl/N-ethyl adjacent to an activating group) is 1. The van der Waals surface area contributed by atoms with Gasteiger partial charge in [-0.1, -0.05) is 71.7 Å². The van der Waals surface area contributed by atoms with Crippen molar-refractivity contribution in [2.75, 3.05) is 46.1 Å². The van der Waals surface area contributed by atoms with Gasteiger partial charge in [0.05, 0.1) is 39.1 Å². The minimum Gasteiger partial charge on any atom is -0.495 e. The summed E-state index contributed by atoms with van der Waals surface area (Å²) < 4.78 is 18.0. The number of methoxy groups -OCH3 is 1. The van der Waals surface area contributed by atoms with E-state index in [-0.39, 0.29) is 23.1 Å². The summed E-state index contributed by atoms with van der Waals surface area (Å²) >= 11 is 12.8. The van der Waals surface area contributed by atoms with Gasteiger partial charge in [0.1, 0.15) is 5.75 Å². The number of piperidine rings is 1. The van der Waals surface area contributed by atoms with Crippen LogP contribution in [0.25, 0.3) is 10.8 Å². The number of rotatable bonds is 12. The Labute approximate surface area is 289 Å². The lowest BCUT2D eigenvalue weighted by molar-refractivity contribution is 0.0747. The first-order chi connectivity index (χ1) is 22.6. The van der Waals surface area contributed by atoms with Crippen LogP contribution in [0.5, 0.6) is 5.75 Å². The quantitative estimate of drug-likeness (QED) is 0.166. The number of hydrogen-bond acceptors (Lipinski definition) is 5. The maximum Gasteiger partial charge on any atom is 0.258 e. The van der Waals surface area contributed by atoms with Crippen molar-refractivity contribution in [1.82, 2.24) is 9.80 Å². The van der Waals surface area contributed by atoms with Gasteiger partial charge in [0.15, 0.2) is 0 Å². The van der Waals surface area contributed by atoms with E-state index in [0.717, 1.165) is 54.7 Å². The highest BCUT2D eigenvalue weighted by molar-refractivity contribution is 7.84. The fourth-order valence-electron chi connectivity index (χ4n) is 6.73. The highest BCUT2D eigenvalue weighted by Crippen LogP contribution is 2.36. The third-order valence-electron chi connectivity index (χ3n) is 9.26. The smallest absolute Gasteiger partial charge is 0.258 e. The predicted molar refractivity (Wildman–Crippen MR) is 192 cm³/mol. The third-order valence-corrected chi connectivity index (χ3v) is 11.0. The summed E-state index contributed by atoms with van der Waals surface area (Å²) in [6.45, 7) is 5.53. The van der Waals surface area contributed by atoms with Gasteiger partial charge in [-0.3, -0.25) is 13.8 Å². The molecule has 1 heterocycles. The molecule has 0 saturated carbocycles. The van der Waals surface area contributed by atoms with Gasteiger partial charge in [-0.05, 0) is 97.9 Å². The van der Waals surface area contributed by atoms with Crippen molar-refractivity contribution < 1.29 is 18.5 Å². The number of carbonyl (C=O) groups excluding carboxylic acids is 2. The van der Waals surface area contributed by atoms with Crippen LogP contribution in [-0.4, -0.2) is 71.9 Å². The normalized spacial score (nSPS) is 15.3. The summed E-state index contributed by atoms with van der Waals surface area (Å²) in [7, 11) is 0.429. The van der Waals surface area contributed by atoms with Crippen molar-refractivity contribution >= 4 is 56.6 Å². The Morgan fingerprint density at radius 1 is 1.02 bits per heavy atom. The van der Waals surface area contributed by atoms with E-state index in [0.29, 0.717) is 40.0 Å². The molecule has 4 aromatic rings. The molecule has 1 fully saturated rings. The summed E-state index contributed by atoms with van der Waals surface area (Å²) in [6.07, 6.45) is 4.53. The van der Waals surface area contributed by atoms with Crippen LogP contribution in [-0.2, 0) is 10.8 Å². The average molecular weight is 695 g/mol. The highest BCUT2D eigenvalue weighted by atomic mass is 35.5. The number of nitrogens with zero attached hydrogens (tertiary/aromatic N) is 2. The van der Waals surface area contributed by atoms with E-state index in [4.69, 9.17) is 33.7 Å². The van der Waals surface area contributed by atoms with Gasteiger partial charge in [-0.2, -0.15) is 0 Å². The molecule has 0 spiro atoms. The molecule has 1 unspecified atom stereocenters. The Balaban J connectivity index is 1.39. The molecular weight excluding hydrogens is 653 g/mol. The minimum atomic E-state index is -1.02. The lowest BCUT2D eigenvalue weighted by Crippen LogP contribution is -2.38. The maximum absolute atomic E-state index is 14.4. The zero-order chi connectivity index (χ0) is 33.7. The van der Waals surface area contributed by atoms with Crippen LogP contribution >= 0.6 is 23.2 Å². The Kier molecular flexibility index (Phi) is 11.6. The van der Waals surface area contributed by atoms with E-state index < -0.39 is 16.7 Å². The monoisotopic (exact) mass is 693 g/mol. The molecule has 4 aromatic carbocycles. The van der Waals surface area contributed by atoms with Gasteiger partial charge in [0.25, 0.3) is 11.8 Å². The van der Waals surface area contributed by atoms with E-state index >= 15 is 0 Å². The number of ether oxygens (including phenoxy) is 1. The van der Waals surface area contributed by atoms with Crippen LogP contribution in [0, 0.1) is 0 Å². The van der Waals surface area contributed by atoms with Gasteiger partial charge >= 0.3 is 0 Å². The summed E-state index contributed by atoms with van der Waals surface area (Å²) in [5.74, 6) is -0.366. The van der Waals surface area contributed by atoms with Crippen LogP contribution in [0.4, 0.5) is 0 Å². The molecular formula is C37H41Cl2N3O4S. The van der Waals surface area contributed by atoms with Crippen molar-refractivity contribution in [2.45, 2.75) is 42.9 Å². The van der Waals surface area contributed by atoms with Gasteiger partial charge in [0.2, 0.25) is 0 Å². The number of nitrogens with two attached hydrogens (primary N) is 1. The van der Waals surface area contributed by atoms with Gasteiger partial charge in [0, 0.05) is 30.2 Å². The number of primary amides is 1. The number of benzene rings is 4. The van der Waals surface area contributed by atoms with E-state index in [9.17, 15) is 13.8 Å². The topological polar surface area (TPSA) is 92.9 Å². The maximum atomic E-state index is 14.4. The third kappa shape index (κ3) is 7.83. The average Bonchev–Trinajstić information content (AvgIpc) is 3.08. The minimum absolute atomic E-state index is 0.0359. The molecule has 47 heavy (non-hydrogen) atoms. The van der Waals surface area contributed by atoms with Crippen LogP contribution in [0.1, 0.15) is 69.9 Å². The van der Waals surface area contributed by atoms with Crippen LogP contribution in [0.15, 0.2) is 77.7 Å². The number of fused-ring (bicyclic) bond motifs is 1. The second kappa shape index (κ2) is 15.6. The van der Waals surface area contributed by atoms with Crippen molar-refractivity contribution in [3.63, 3.8) is 0 Å². The first kappa shape index (κ1) is 34.9. The van der Waals surface area contributed by atoms with Crippen LogP contribution < -0.4 is 10.5 Å². The van der Waals surface area contributed by atoms with Crippen LogP contribution in [0.2, 0.25) is 10.0 Å². The van der Waals surface area contributed by atoms with E-state index in [1.54, 1.807) is 23.3 Å². The van der Waals surface area contributed by atoms with E-state index in [2.05, 4.69) is 11.0 Å². The Morgan fingerprint density at radius 3 is 2.38 bits per heavy atom. The highest BCUT2D eigenvalue weighted by Gasteiger charge is 2.29. The van der Waals surface area contributed by atoms with E-state index in [1.165, 1.54) is 12.7 Å². The molecule has 248 valence electrons. The zero-order valence-corrected chi connectivity index (χ0v) is 29.3. The van der Waals surface area contributed by atoms with Crippen LogP contribution in [0.3, 0.4) is 0 Å². The molecule has 0 aliphatic carbocycles. The fourth-order valence-corrected chi connectivity index (χ4v) is 7.87. The standard InChI is InChI=1S/C37H41Cl2N3O4S/c1-4-42(37(44)34-29-11-6-5-9-26(29)21-30(36(40)43)35(34)46-2)23-27(25-13-14-31(38)32(39)22-25)17-20-41-18-15-24(16-19-41)28-10-7-8-12-33(28)47(3)45/h5-14,21-22,24,27H,4,15-20,23H2,1-3H3,(H2,40,43)/t27-,47?/m1/s1. The number of amides is 2. The second-order valence-corrected chi connectivity index (χ2v) is 14.2. The molecule has 0 aromatic heterocycles. The fraction of sp³-hybridized carbons (Fsp3) is 0.351. The molecule has 5 rings (SSSR count). The Hall–Kier alpha value is -3.43. The van der Waals surface area contributed by atoms with Gasteiger partial charge in [-0.25, -0.2) is 0 Å². The molecule has 1 saturated heterocycles. The SMILES string of the molecule is CCN(C[C@@H](CCN1CCC(c2ccccc2S(C)=O)CC1)c1ccc(Cl)c(Cl)c1)C(=O)c1c(OC)c(C(N)=O)cc2ccccc12. The van der Waals surface area contributed by atoms with Gasteiger partial charge in [-0.15, -0.1) is 0 Å². The Bertz CT molecular complexity index is 1790. The summed E-state index contributed by atoms with van der Waals surface area (Å²) in [5.41, 5.74) is 8.42. The number of hydrogen-bond donors (Lipinski definition) is 1. The lowest BCUT2D eigenvalue weighted by atomic mass is 9.88. The van der Waals surface area contributed by atoms with E-state index in [1.807, 2.05) is 61.5 Å². The number of carbonyl (C=O) groups is 2. The summed E-state index contributed by atoms with van der Waals surface area (Å²) in [5, 5.41) is 2.38. The van der Waals surface area contributed by atoms with Crippen molar-refractivity contribution in [3.8, 4) is 5.75 Å². The lowest BCUT2D eigenvalue weighted by Gasteiger charge is -2.34. The number of halogens is 2. The molecule has 2 atom stereocenters. The second-order valence-electron chi connectivity index (χ2n) is 12.0. The van der Waals surface area contributed by atoms with Crippen molar-refractivity contribution in [2.24, 2.45) is 5.73 Å². The molecule has 0 bridgehead atoms. The first-order valence-electron chi connectivity index (χ1n) is 15.9. The molecule has 10 heteroatoms. The molecule has 0 radical (unpaired) electrons. The zero-order valence-electron chi connectivity index (χ0n) is 27.0. The largest absolute Gasteiger partial charge is 0.495 e. The number of likely N-dealkylation sites (tertiary alicyclic amines) is 1. The predicted octanol–water partition coefficient (Wildman–Crippen LogP) is 7.51. The molecule has 2 N–H and O–H groups in total. The van der Waals surface area contributed by atoms with Crippen molar-refractivity contribution in [1.29, 1.82) is 0 Å². The molecule has 7 nitrogen and oxygen atoms in total. The van der Waals surface area contributed by atoms with Gasteiger partial charge < -0.3 is 20.3 Å². The molecule has 2 amide bonds. The molecule has 1 aliphatic heterocycles. The first-order valence-corrected chi connectivity index (χ1v) is 18.2. The van der Waals surface area contributed by atoms with Crippen molar-refractivity contribution in [3.05, 3.63) is 105 Å². The Morgan fingerprint density at radius 2 is 1.72 bits per heavy atom. The summed E-state index contributed by atoms with van der Waals surface area (Å²) in [4.78, 5) is 32.0. The summed E-state index contributed by atoms with van der Waals surface area (Å²) in [6, 6.07) is 22.9. The molecule has 1 aliphatic rings.